The molecule has 8 nitrogen and oxygen atoms in total. The van der Waals surface area contributed by atoms with Crippen molar-refractivity contribution in [3.8, 4) is 11.8 Å². The minimum atomic E-state index is -3.34. The van der Waals surface area contributed by atoms with Gasteiger partial charge in [-0.1, -0.05) is 5.10 Å². The highest BCUT2D eigenvalue weighted by Gasteiger charge is 2.20. The fraction of sp³-hybridized carbons (Fsp3) is 0.333. The molecule has 0 aliphatic rings. The van der Waals surface area contributed by atoms with E-state index in [4.69, 9.17) is 4.74 Å². The smallest absolute Gasteiger partial charge is 0.322 e. The van der Waals surface area contributed by atoms with E-state index >= 15 is 0 Å². The molecule has 0 aliphatic heterocycles. The highest BCUT2D eigenvalue weighted by molar-refractivity contribution is 7.88. The summed E-state index contributed by atoms with van der Waals surface area (Å²) in [5, 5.41) is 9.21. The number of rotatable bonds is 6. The van der Waals surface area contributed by atoms with Crippen LogP contribution in [-0.2, 0) is 16.6 Å². The van der Waals surface area contributed by atoms with E-state index in [2.05, 4.69) is 19.9 Å². The molecule has 2 N–H and O–H groups in total. The second-order valence-corrected chi connectivity index (χ2v) is 7.31. The monoisotopic (exact) mass is 349 g/mol. The molecule has 0 spiro atoms. The summed E-state index contributed by atoms with van der Waals surface area (Å²) in [7, 11) is -3.34. The van der Waals surface area contributed by atoms with Gasteiger partial charge < -0.3 is 9.72 Å². The number of hydrogen-bond acceptors (Lipinski definition) is 5. The molecule has 0 amide bonds. The van der Waals surface area contributed by atoms with E-state index in [0.29, 0.717) is 24.1 Å². The standard InChI is InChI=1S/C15H19N5O3S/c1-4-20-14(10(2)19-24(3,21)22)17-18-15(20)23-12-6-5-11-7-8-16-13(11)9-12/h5-10,16,19H,4H2,1-3H3/t10-/m1/s1. The van der Waals surface area contributed by atoms with Crippen molar-refractivity contribution < 1.29 is 13.2 Å². The molecule has 0 bridgehead atoms. The van der Waals surface area contributed by atoms with Gasteiger partial charge in [-0.3, -0.25) is 4.57 Å². The third-order valence-corrected chi connectivity index (χ3v) is 4.36. The van der Waals surface area contributed by atoms with Gasteiger partial charge in [-0.15, -0.1) is 5.10 Å². The number of aromatic nitrogens is 4. The maximum atomic E-state index is 11.4. The molecule has 0 aliphatic carbocycles. The van der Waals surface area contributed by atoms with Crippen LogP contribution in [0.4, 0.5) is 0 Å². The molecule has 128 valence electrons. The number of nitrogens with one attached hydrogen (secondary N) is 2. The van der Waals surface area contributed by atoms with E-state index in [9.17, 15) is 8.42 Å². The summed E-state index contributed by atoms with van der Waals surface area (Å²) in [6, 6.07) is 7.47. The fourth-order valence-corrected chi connectivity index (χ4v) is 3.31. The second-order valence-electron chi connectivity index (χ2n) is 5.53. The first-order valence-corrected chi connectivity index (χ1v) is 9.42. The predicted molar refractivity (Wildman–Crippen MR) is 90.5 cm³/mol. The zero-order chi connectivity index (χ0) is 17.3. The van der Waals surface area contributed by atoms with Crippen LogP contribution in [0.1, 0.15) is 25.7 Å². The van der Waals surface area contributed by atoms with E-state index in [0.717, 1.165) is 17.2 Å². The van der Waals surface area contributed by atoms with Gasteiger partial charge in [-0.2, -0.15) is 0 Å². The molecule has 0 saturated heterocycles. The topological polar surface area (TPSA) is 102 Å². The largest absolute Gasteiger partial charge is 0.424 e. The Morgan fingerprint density at radius 1 is 1.33 bits per heavy atom. The minimum absolute atomic E-state index is 0.320. The maximum absolute atomic E-state index is 11.4. The highest BCUT2D eigenvalue weighted by Crippen LogP contribution is 2.26. The van der Waals surface area contributed by atoms with Gasteiger partial charge in [0.2, 0.25) is 10.0 Å². The summed E-state index contributed by atoms with van der Waals surface area (Å²) < 4.78 is 32.9. The van der Waals surface area contributed by atoms with E-state index in [-0.39, 0.29) is 0 Å². The Labute approximate surface area is 139 Å². The lowest BCUT2D eigenvalue weighted by Crippen LogP contribution is -2.27. The van der Waals surface area contributed by atoms with Gasteiger partial charge in [0.25, 0.3) is 0 Å². The Morgan fingerprint density at radius 2 is 2.12 bits per heavy atom. The molecule has 0 fully saturated rings. The third kappa shape index (κ3) is 3.41. The lowest BCUT2D eigenvalue weighted by Gasteiger charge is -2.13. The summed E-state index contributed by atoms with van der Waals surface area (Å²) in [5.74, 6) is 1.13. The average Bonchev–Trinajstić information content (AvgIpc) is 3.11. The predicted octanol–water partition coefficient (Wildman–Crippen LogP) is 2.18. The van der Waals surface area contributed by atoms with Crippen molar-refractivity contribution >= 4 is 20.9 Å². The lowest BCUT2D eigenvalue weighted by atomic mass is 10.2. The van der Waals surface area contributed by atoms with Crippen molar-refractivity contribution in [3.05, 3.63) is 36.3 Å². The normalized spacial score (nSPS) is 13.3. The number of nitrogens with zero attached hydrogens (tertiary/aromatic N) is 3. The molecule has 3 aromatic rings. The summed E-state index contributed by atoms with van der Waals surface area (Å²) in [5.41, 5.74) is 0.961. The molecule has 2 aromatic heterocycles. The van der Waals surface area contributed by atoms with Crippen molar-refractivity contribution in [1.29, 1.82) is 0 Å². The Bertz CT molecular complexity index is 961. The van der Waals surface area contributed by atoms with Crippen LogP contribution in [0.25, 0.3) is 10.9 Å². The van der Waals surface area contributed by atoms with Crippen LogP contribution in [0.15, 0.2) is 30.5 Å². The Kier molecular flexibility index (Phi) is 4.29. The van der Waals surface area contributed by atoms with Crippen molar-refractivity contribution in [2.45, 2.75) is 26.4 Å². The first-order valence-electron chi connectivity index (χ1n) is 7.53. The van der Waals surface area contributed by atoms with Gasteiger partial charge in [0, 0.05) is 24.3 Å². The van der Waals surface area contributed by atoms with Crippen molar-refractivity contribution in [1.82, 2.24) is 24.5 Å². The molecule has 0 unspecified atom stereocenters. The fourth-order valence-electron chi connectivity index (χ4n) is 2.56. The molecule has 24 heavy (non-hydrogen) atoms. The van der Waals surface area contributed by atoms with Crippen LogP contribution in [0.3, 0.4) is 0 Å². The van der Waals surface area contributed by atoms with E-state index in [1.807, 2.05) is 37.4 Å². The average molecular weight is 349 g/mol. The van der Waals surface area contributed by atoms with Gasteiger partial charge in [0.05, 0.1) is 12.3 Å². The zero-order valence-electron chi connectivity index (χ0n) is 13.6. The Morgan fingerprint density at radius 3 is 2.83 bits per heavy atom. The molecular weight excluding hydrogens is 330 g/mol. The Hall–Kier alpha value is -2.39. The van der Waals surface area contributed by atoms with Crippen LogP contribution >= 0.6 is 0 Å². The maximum Gasteiger partial charge on any atom is 0.322 e. The number of sulfonamides is 1. The quantitative estimate of drug-likeness (QED) is 0.710. The van der Waals surface area contributed by atoms with Crippen LogP contribution in [0.5, 0.6) is 11.8 Å². The van der Waals surface area contributed by atoms with Gasteiger partial charge in [0.15, 0.2) is 5.82 Å². The molecule has 2 heterocycles. The number of ether oxygens (including phenoxy) is 1. The molecule has 1 atom stereocenters. The number of fused-ring (bicyclic) bond motifs is 1. The number of hydrogen-bond donors (Lipinski definition) is 2. The summed E-state index contributed by atoms with van der Waals surface area (Å²) in [6.07, 6.45) is 2.97. The highest BCUT2D eigenvalue weighted by atomic mass is 32.2. The third-order valence-electron chi connectivity index (χ3n) is 3.58. The molecular formula is C15H19N5O3S. The van der Waals surface area contributed by atoms with Crippen molar-refractivity contribution in [2.24, 2.45) is 0 Å². The zero-order valence-corrected chi connectivity index (χ0v) is 14.5. The van der Waals surface area contributed by atoms with Gasteiger partial charge in [-0.05, 0) is 37.4 Å². The summed E-state index contributed by atoms with van der Waals surface area (Å²) in [6.45, 7) is 4.19. The lowest BCUT2D eigenvalue weighted by molar-refractivity contribution is 0.408. The van der Waals surface area contributed by atoms with Crippen LogP contribution in [-0.4, -0.2) is 34.4 Å². The SMILES string of the molecule is CCn1c(Oc2ccc3cc[nH]c3c2)nnc1[C@@H](C)NS(C)(=O)=O. The van der Waals surface area contributed by atoms with E-state index < -0.39 is 16.1 Å². The Balaban J connectivity index is 1.88. The molecule has 0 radical (unpaired) electrons. The summed E-state index contributed by atoms with van der Waals surface area (Å²) >= 11 is 0. The summed E-state index contributed by atoms with van der Waals surface area (Å²) in [4.78, 5) is 3.12. The van der Waals surface area contributed by atoms with Crippen molar-refractivity contribution in [3.63, 3.8) is 0 Å². The van der Waals surface area contributed by atoms with Crippen LogP contribution < -0.4 is 9.46 Å². The van der Waals surface area contributed by atoms with Gasteiger partial charge in [-0.25, -0.2) is 13.1 Å². The first-order chi connectivity index (χ1) is 11.4. The van der Waals surface area contributed by atoms with Crippen LogP contribution in [0.2, 0.25) is 0 Å². The minimum Gasteiger partial charge on any atom is -0.424 e. The second kappa shape index (κ2) is 6.25. The number of aromatic amines is 1. The first kappa shape index (κ1) is 16.5. The van der Waals surface area contributed by atoms with Crippen LogP contribution in [0, 0.1) is 0 Å². The molecule has 1 aromatic carbocycles. The van der Waals surface area contributed by atoms with Gasteiger partial charge in [0.1, 0.15) is 5.75 Å². The molecule has 3 rings (SSSR count). The number of H-pyrrole nitrogens is 1. The number of benzene rings is 1. The molecule has 9 heteroatoms. The van der Waals surface area contributed by atoms with E-state index in [1.54, 1.807) is 11.5 Å². The van der Waals surface area contributed by atoms with Gasteiger partial charge >= 0.3 is 6.01 Å². The van der Waals surface area contributed by atoms with Crippen molar-refractivity contribution in [2.75, 3.05) is 6.26 Å². The molecule has 0 saturated carbocycles. The van der Waals surface area contributed by atoms with E-state index in [1.165, 1.54) is 0 Å².